The van der Waals surface area contributed by atoms with Crippen molar-refractivity contribution in [2.45, 2.75) is 13.2 Å². The van der Waals surface area contributed by atoms with Crippen LogP contribution >= 0.6 is 0 Å². The van der Waals surface area contributed by atoms with E-state index in [1.807, 2.05) is 72.8 Å². The van der Waals surface area contributed by atoms with Crippen LogP contribution in [0.15, 0.2) is 72.8 Å². The number of aliphatic hydroxyl groups excluding tert-OH is 2. The average molecular weight is 338 g/mol. The lowest BCUT2D eigenvalue weighted by Gasteiger charge is -1.96. The second-order valence-corrected chi connectivity index (χ2v) is 5.79. The van der Waals surface area contributed by atoms with Gasteiger partial charge >= 0.3 is 0 Å². The largest absolute Gasteiger partial charge is 0.392 e. The van der Waals surface area contributed by atoms with Crippen LogP contribution in [0.4, 0.5) is 0 Å². The third kappa shape index (κ3) is 4.85. The van der Waals surface area contributed by atoms with E-state index in [4.69, 9.17) is 10.2 Å². The summed E-state index contributed by atoms with van der Waals surface area (Å²) in [5.41, 5.74) is 5.44. The van der Waals surface area contributed by atoms with E-state index in [0.29, 0.717) is 0 Å². The molecular formula is C24H18O2. The minimum Gasteiger partial charge on any atom is -0.392 e. The highest BCUT2D eigenvalue weighted by Gasteiger charge is 1.92. The molecule has 0 saturated carbocycles. The fraction of sp³-hybridized carbons (Fsp3) is 0.0833. The summed E-state index contributed by atoms with van der Waals surface area (Å²) in [6.07, 6.45) is 0. The third-order valence-corrected chi connectivity index (χ3v) is 3.86. The number of aliphatic hydroxyl groups is 2. The van der Waals surface area contributed by atoms with E-state index in [-0.39, 0.29) is 13.2 Å². The zero-order valence-corrected chi connectivity index (χ0v) is 14.2. The highest BCUT2D eigenvalue weighted by Crippen LogP contribution is 2.06. The van der Waals surface area contributed by atoms with Crippen LogP contribution in [0.3, 0.4) is 0 Å². The molecule has 0 aliphatic rings. The van der Waals surface area contributed by atoms with Crippen molar-refractivity contribution < 1.29 is 10.2 Å². The molecule has 0 atom stereocenters. The van der Waals surface area contributed by atoms with Crippen LogP contribution in [0.2, 0.25) is 0 Å². The third-order valence-electron chi connectivity index (χ3n) is 3.86. The summed E-state index contributed by atoms with van der Waals surface area (Å²) in [6.45, 7) is 0.0869. The molecule has 3 aromatic carbocycles. The first-order valence-electron chi connectivity index (χ1n) is 8.30. The first-order valence-corrected chi connectivity index (χ1v) is 8.30. The number of benzene rings is 3. The van der Waals surface area contributed by atoms with Gasteiger partial charge in [0.25, 0.3) is 0 Å². The van der Waals surface area contributed by atoms with Gasteiger partial charge in [0, 0.05) is 22.3 Å². The molecule has 0 unspecified atom stereocenters. The molecule has 0 saturated heterocycles. The molecule has 0 radical (unpaired) electrons. The Morgan fingerprint density at radius 2 is 0.654 bits per heavy atom. The fourth-order valence-electron chi connectivity index (χ4n) is 2.31. The molecule has 3 aromatic rings. The summed E-state index contributed by atoms with van der Waals surface area (Å²) in [4.78, 5) is 0. The molecule has 3 rings (SSSR count). The van der Waals surface area contributed by atoms with Gasteiger partial charge in [-0.15, -0.1) is 0 Å². The van der Waals surface area contributed by atoms with Crippen LogP contribution < -0.4 is 0 Å². The lowest BCUT2D eigenvalue weighted by Crippen LogP contribution is -1.83. The molecule has 26 heavy (non-hydrogen) atoms. The second kappa shape index (κ2) is 8.70. The van der Waals surface area contributed by atoms with Gasteiger partial charge in [0.05, 0.1) is 13.2 Å². The maximum Gasteiger partial charge on any atom is 0.0681 e. The van der Waals surface area contributed by atoms with Crippen LogP contribution in [0.5, 0.6) is 0 Å². The van der Waals surface area contributed by atoms with E-state index in [1.54, 1.807) is 0 Å². The average Bonchev–Trinajstić information content (AvgIpc) is 2.72. The predicted octanol–water partition coefficient (Wildman–Crippen LogP) is 3.47. The lowest BCUT2D eigenvalue weighted by atomic mass is 10.1. The van der Waals surface area contributed by atoms with Gasteiger partial charge in [0.1, 0.15) is 0 Å². The molecule has 0 amide bonds. The maximum absolute atomic E-state index is 9.05. The van der Waals surface area contributed by atoms with Gasteiger partial charge < -0.3 is 10.2 Å². The standard InChI is InChI=1S/C24H18O2/c25-17-23-13-9-21(10-14-23)7-5-19-1-2-20(4-3-19)6-8-22-11-15-24(18-26)16-12-22/h1-4,9-16,25-26H,17-18H2. The summed E-state index contributed by atoms with van der Waals surface area (Å²) < 4.78 is 0. The number of hydrogen-bond donors (Lipinski definition) is 2. The molecule has 0 fully saturated rings. The molecule has 2 nitrogen and oxygen atoms in total. The highest BCUT2D eigenvalue weighted by molar-refractivity contribution is 5.48. The Bertz CT molecular complexity index is 891. The first-order chi connectivity index (χ1) is 12.8. The van der Waals surface area contributed by atoms with E-state index in [2.05, 4.69) is 23.7 Å². The van der Waals surface area contributed by atoms with E-state index in [1.165, 1.54) is 0 Å². The smallest absolute Gasteiger partial charge is 0.0681 e. The molecule has 0 bridgehead atoms. The Balaban J connectivity index is 1.68. The van der Waals surface area contributed by atoms with Gasteiger partial charge in [-0.2, -0.15) is 0 Å². The Morgan fingerprint density at radius 3 is 0.885 bits per heavy atom. The molecule has 0 aliphatic heterocycles. The maximum atomic E-state index is 9.05. The Kier molecular flexibility index (Phi) is 5.86. The van der Waals surface area contributed by atoms with Gasteiger partial charge in [0.2, 0.25) is 0 Å². The van der Waals surface area contributed by atoms with Gasteiger partial charge in [-0.25, -0.2) is 0 Å². The minimum absolute atomic E-state index is 0.0434. The van der Waals surface area contributed by atoms with Crippen LogP contribution in [-0.4, -0.2) is 10.2 Å². The van der Waals surface area contributed by atoms with Gasteiger partial charge in [-0.3, -0.25) is 0 Å². The molecule has 0 spiro atoms. The number of rotatable bonds is 2. The molecular weight excluding hydrogens is 320 g/mol. The Hall–Kier alpha value is -3.30. The van der Waals surface area contributed by atoms with Gasteiger partial charge in [-0.05, 0) is 59.7 Å². The monoisotopic (exact) mass is 338 g/mol. The zero-order chi connectivity index (χ0) is 18.2. The van der Waals surface area contributed by atoms with Crippen LogP contribution in [0, 0.1) is 23.7 Å². The van der Waals surface area contributed by atoms with Crippen molar-refractivity contribution >= 4 is 0 Å². The van der Waals surface area contributed by atoms with Gasteiger partial charge in [0.15, 0.2) is 0 Å². The van der Waals surface area contributed by atoms with Crippen LogP contribution in [0.1, 0.15) is 33.4 Å². The molecule has 2 N–H and O–H groups in total. The topological polar surface area (TPSA) is 40.5 Å². The SMILES string of the molecule is OCc1ccc(C#Cc2ccc(C#Cc3ccc(CO)cc3)cc2)cc1. The number of hydrogen-bond acceptors (Lipinski definition) is 2. The van der Waals surface area contributed by atoms with Crippen molar-refractivity contribution in [3.8, 4) is 23.7 Å². The summed E-state index contributed by atoms with van der Waals surface area (Å²) in [5.74, 6) is 12.5. The molecule has 0 aromatic heterocycles. The Labute approximate surface area is 153 Å². The normalized spacial score (nSPS) is 9.62. The van der Waals surface area contributed by atoms with E-state index in [0.717, 1.165) is 33.4 Å². The summed E-state index contributed by atoms with van der Waals surface area (Å²) >= 11 is 0. The van der Waals surface area contributed by atoms with Gasteiger partial charge in [-0.1, -0.05) is 47.9 Å². The predicted molar refractivity (Wildman–Crippen MR) is 103 cm³/mol. The van der Waals surface area contributed by atoms with Crippen LogP contribution in [-0.2, 0) is 13.2 Å². The summed E-state index contributed by atoms with van der Waals surface area (Å²) in [5, 5.41) is 18.1. The molecule has 0 heterocycles. The first kappa shape index (κ1) is 17.5. The highest BCUT2D eigenvalue weighted by atomic mass is 16.3. The van der Waals surface area contributed by atoms with Crippen molar-refractivity contribution in [3.63, 3.8) is 0 Å². The molecule has 126 valence electrons. The van der Waals surface area contributed by atoms with Crippen molar-refractivity contribution in [2.24, 2.45) is 0 Å². The van der Waals surface area contributed by atoms with Crippen molar-refractivity contribution in [2.75, 3.05) is 0 Å². The zero-order valence-electron chi connectivity index (χ0n) is 14.2. The van der Waals surface area contributed by atoms with Crippen molar-refractivity contribution in [3.05, 3.63) is 106 Å². The quantitative estimate of drug-likeness (QED) is 0.703. The lowest BCUT2D eigenvalue weighted by molar-refractivity contribution is 0.281. The minimum atomic E-state index is 0.0434. The summed E-state index contributed by atoms with van der Waals surface area (Å²) in [6, 6.07) is 22.9. The molecule has 0 aliphatic carbocycles. The Morgan fingerprint density at radius 1 is 0.423 bits per heavy atom. The molecule has 2 heteroatoms. The fourth-order valence-corrected chi connectivity index (χ4v) is 2.31. The second-order valence-electron chi connectivity index (χ2n) is 5.79. The van der Waals surface area contributed by atoms with E-state index < -0.39 is 0 Å². The van der Waals surface area contributed by atoms with Crippen molar-refractivity contribution in [1.29, 1.82) is 0 Å². The van der Waals surface area contributed by atoms with E-state index in [9.17, 15) is 0 Å². The van der Waals surface area contributed by atoms with Crippen LogP contribution in [0.25, 0.3) is 0 Å². The van der Waals surface area contributed by atoms with Crippen molar-refractivity contribution in [1.82, 2.24) is 0 Å². The van der Waals surface area contributed by atoms with E-state index >= 15 is 0 Å². The summed E-state index contributed by atoms with van der Waals surface area (Å²) in [7, 11) is 0.